The van der Waals surface area contributed by atoms with Gasteiger partial charge in [-0.2, -0.15) is 15.8 Å². The fourth-order valence-electron chi connectivity index (χ4n) is 5.93. The first-order valence-electron chi connectivity index (χ1n) is 45.3. The summed E-state index contributed by atoms with van der Waals surface area (Å²) < 4.78 is 448. The number of nitrogens with one attached hydrogen (secondary N) is 3. The molecule has 0 saturated carbocycles. The van der Waals surface area contributed by atoms with E-state index in [9.17, 15) is 29.0 Å². The molecule has 414 valence electrons. The molecular formula is C57H51Cl3F3N15S3. The van der Waals surface area contributed by atoms with Crippen molar-refractivity contribution in [1.82, 2.24) is 44.6 Å². The van der Waals surface area contributed by atoms with E-state index in [1.807, 2.05) is 0 Å². The maximum atomic E-state index is 14.5. The number of aromatic nitrogens is 6. The van der Waals surface area contributed by atoms with E-state index in [0.717, 1.165) is 6.33 Å². The van der Waals surface area contributed by atoms with E-state index in [4.69, 9.17) is 101 Å². The first-order valence-corrected chi connectivity index (χ1v) is 24.9. The fraction of sp³-hybridized carbons (Fsp3) is 0.316. The van der Waals surface area contributed by atoms with Gasteiger partial charge in [-0.1, -0.05) is 52.9 Å². The Bertz CT molecular complexity index is 6220. The molecule has 2 unspecified atom stereocenters. The third-order valence-electron chi connectivity index (χ3n) is 9.30. The molecule has 0 amide bonds. The van der Waals surface area contributed by atoms with Gasteiger partial charge in [0.05, 0.1) is 80.9 Å². The first kappa shape index (κ1) is 23.1. The zero-order chi connectivity index (χ0) is 99.0. The quantitative estimate of drug-likeness (QED) is 0.104. The van der Waals surface area contributed by atoms with Crippen molar-refractivity contribution in [3.63, 3.8) is 0 Å². The van der Waals surface area contributed by atoms with Crippen LogP contribution < -0.4 is 15.9 Å². The lowest BCUT2D eigenvalue weighted by molar-refractivity contribution is 0.211. The Morgan fingerprint density at radius 3 is 1.27 bits per heavy atom. The van der Waals surface area contributed by atoms with Gasteiger partial charge < -0.3 is 15.9 Å². The number of fused-ring (bicyclic) bond motifs is 3. The summed E-state index contributed by atoms with van der Waals surface area (Å²) in [5, 5.41) is 27.0. The van der Waals surface area contributed by atoms with Crippen LogP contribution in [0.3, 0.4) is 0 Å². The molecule has 24 heteroatoms. The third kappa shape index (κ3) is 14.8. The third-order valence-corrected chi connectivity index (χ3v) is 12.9. The van der Waals surface area contributed by atoms with Crippen LogP contribution in [-0.2, 0) is 19.5 Å². The van der Waals surface area contributed by atoms with E-state index in [2.05, 4.69) is 29.9 Å². The maximum Gasteiger partial charge on any atom is 0.162 e. The van der Waals surface area contributed by atoms with Gasteiger partial charge in [0.25, 0.3) is 0 Å². The van der Waals surface area contributed by atoms with Gasteiger partial charge in [-0.15, -0.1) is 34.0 Å². The van der Waals surface area contributed by atoms with Crippen molar-refractivity contribution >= 4 is 117 Å². The van der Waals surface area contributed by atoms with Crippen molar-refractivity contribution in [2.45, 2.75) is 75.8 Å². The molecule has 9 aromatic rings. The van der Waals surface area contributed by atoms with Gasteiger partial charge in [0.2, 0.25) is 0 Å². The van der Waals surface area contributed by atoms with Gasteiger partial charge in [0, 0.05) is 115 Å². The van der Waals surface area contributed by atoms with Crippen molar-refractivity contribution in [1.29, 1.82) is 15.8 Å². The minimum atomic E-state index is -4.18. The Kier molecular flexibility index (Phi) is 7.65. The van der Waals surface area contributed by atoms with Gasteiger partial charge in [-0.3, -0.25) is 14.7 Å². The first-order chi connectivity index (χ1) is 58.3. The molecule has 0 radical (unpaired) electrons. The number of nitriles is 3. The molecule has 3 fully saturated rings. The second kappa shape index (κ2) is 26.8. The molecule has 0 spiro atoms. The van der Waals surface area contributed by atoms with Gasteiger partial charge >= 0.3 is 0 Å². The second-order valence-corrected chi connectivity index (χ2v) is 19.4. The number of hydrogen-bond acceptors (Lipinski definition) is 18. The smallest absolute Gasteiger partial charge is 0.162 e. The number of nitrogens with zero attached hydrogens (tertiary/aromatic N) is 12. The Labute approximate surface area is 560 Å². The monoisotopic (exact) mass is 1250 g/mol. The van der Waals surface area contributed by atoms with Crippen LogP contribution >= 0.6 is 68.8 Å². The van der Waals surface area contributed by atoms with Crippen LogP contribution in [0.25, 0.3) is 30.6 Å². The molecule has 0 aliphatic carbocycles. The molecule has 3 N–H and O–H groups in total. The number of piperidine rings is 3. The average molecular weight is 1250 g/mol. The lowest BCUT2D eigenvalue weighted by Gasteiger charge is -2.32. The minimum absolute atomic E-state index is 0.148. The molecule has 6 aromatic heterocycles. The highest BCUT2D eigenvalue weighted by atomic mass is 35.5. The Hall–Kier alpha value is -6.81. The normalized spacial score (nSPS) is 33.9. The Balaban J connectivity index is 0.000000201. The summed E-state index contributed by atoms with van der Waals surface area (Å²) in [7, 11) is 0. The largest absolute Gasteiger partial charge is 0.366 e. The summed E-state index contributed by atoms with van der Waals surface area (Å²) in [4.78, 5) is 20.9. The Morgan fingerprint density at radius 2 is 0.877 bits per heavy atom. The van der Waals surface area contributed by atoms with E-state index in [0.29, 0.717) is 34.0 Å². The minimum Gasteiger partial charge on any atom is -0.366 e. The molecule has 0 bridgehead atoms. The molecule has 3 aromatic carbocycles. The highest BCUT2D eigenvalue weighted by Crippen LogP contribution is 2.36. The maximum absolute atomic E-state index is 14.5. The number of anilines is 3. The second-order valence-electron chi connectivity index (χ2n) is 14.5. The average Bonchev–Trinajstić information content (AvgIpc) is 1.03. The van der Waals surface area contributed by atoms with E-state index < -0.39 is 267 Å². The molecular weight excluding hydrogens is 1150 g/mol. The summed E-state index contributed by atoms with van der Waals surface area (Å²) >= 11 is 19.6. The number of hydrogen-bond donors (Lipinski definition) is 3. The van der Waals surface area contributed by atoms with Crippen LogP contribution in [0.1, 0.15) is 133 Å². The predicted octanol–water partition coefficient (Wildman–Crippen LogP) is 13.3. The molecule has 9 heterocycles. The number of halogens is 6. The molecule has 81 heavy (non-hydrogen) atoms. The van der Waals surface area contributed by atoms with Crippen LogP contribution in [0.5, 0.6) is 0 Å². The zero-order valence-corrected chi connectivity index (χ0v) is 43.7. The molecule has 12 rings (SSSR count). The van der Waals surface area contributed by atoms with Crippen LogP contribution in [-0.4, -0.2) is 102 Å². The molecule has 3 aliphatic rings. The summed E-state index contributed by atoms with van der Waals surface area (Å²) in [5.41, 5.74) is -8.07. The SMILES string of the molecule is [2H]c1c([2H])c(C([2H])N2C([2H])([2H])C([2H])([2H])C([2H])(N([2H])c3ncnc4c([2H])c(Cl)sc34)C([2H])([2H])C2([2H])[2H])c([2H])c(C#N)c1F.[2H]c1nc(N([2H])C2([2H])C([2H])([2H])C([2H])([2H])N(C([2H])([2H])c3c([2H])c([2H])c(F)c(C#N)c3[2H])C([2H])([2H])C2([2H])[2H])c2sc(Cl)c([2H])c2n1.[2H]c1nc(N([2H])C2([2H])C([2H])([2H])C([2H])([2H])N(C([2H])c3c([2H])c([2H])c(F)c(C#N)c3[2H])C([2H])([2H])C2([2H])[2H])c2sc(Cl)c([2H])c2n1. The lowest BCUT2D eigenvalue weighted by atomic mass is 10.0. The zero-order valence-electron chi connectivity index (χ0n) is 86.9. The van der Waals surface area contributed by atoms with E-state index in [1.165, 1.54) is 18.2 Å². The lowest BCUT2D eigenvalue weighted by Crippen LogP contribution is -2.38. The fourth-order valence-corrected chi connectivity index (χ4v) is 9.01. The number of rotatable bonds is 12. The summed E-state index contributed by atoms with van der Waals surface area (Å²) in [5.74, 6) is -7.42. The highest BCUT2D eigenvalue weighted by Gasteiger charge is 2.25. The van der Waals surface area contributed by atoms with Gasteiger partial charge in [0.1, 0.15) is 74.8 Å². The molecule has 3 saturated heterocycles. The molecule has 15 nitrogen and oxygen atoms in total. The van der Waals surface area contributed by atoms with Crippen molar-refractivity contribution in [2.24, 2.45) is 0 Å². The van der Waals surface area contributed by atoms with Gasteiger partial charge in [-0.05, 0) is 109 Å². The van der Waals surface area contributed by atoms with Crippen molar-refractivity contribution < 1.29 is 79.1 Å². The predicted molar refractivity (Wildman–Crippen MR) is 316 cm³/mol. The van der Waals surface area contributed by atoms with Crippen LogP contribution in [0.4, 0.5) is 30.6 Å². The van der Waals surface area contributed by atoms with E-state index in [-0.39, 0.29) is 75.4 Å². The van der Waals surface area contributed by atoms with Crippen molar-refractivity contribution in [2.75, 3.05) is 54.9 Å². The number of likely N-dealkylation sites (tertiary alicyclic amines) is 3. The molecule has 3 aliphatic heterocycles. The van der Waals surface area contributed by atoms with Gasteiger partial charge in [-0.25, -0.2) is 43.1 Å². The Morgan fingerprint density at radius 1 is 0.531 bits per heavy atom. The number of benzene rings is 3. The van der Waals surface area contributed by atoms with Gasteiger partial charge in [0.15, 0.2) is 4.24 Å². The van der Waals surface area contributed by atoms with Crippen LogP contribution in [0.15, 0.2) is 91.4 Å². The topological polar surface area (TPSA) is 195 Å². The number of thiophene rings is 3. The van der Waals surface area contributed by atoms with Crippen molar-refractivity contribution in [3.8, 4) is 18.2 Å². The van der Waals surface area contributed by atoms with Crippen molar-refractivity contribution in [3.05, 3.63) is 155 Å². The highest BCUT2D eigenvalue weighted by molar-refractivity contribution is 7.24. The summed E-state index contributed by atoms with van der Waals surface area (Å²) in [6, 6.07) is -21.1. The van der Waals surface area contributed by atoms with Crippen LogP contribution in [0.2, 0.25) is 17.2 Å². The van der Waals surface area contributed by atoms with Crippen LogP contribution in [0, 0.1) is 51.4 Å². The van der Waals surface area contributed by atoms with E-state index >= 15 is 0 Å². The summed E-state index contributed by atoms with van der Waals surface area (Å²) in [6.45, 7) is -33.6. The standard InChI is InChI=1S/3C19H17ClFN5S/c3*20-17-8-16-18(27-17)19(24-11-23-16)25-14-3-5-26(6-4-14)10-12-1-2-15(21)13(7-12)9-22/h3*1-2,7-8,11,14H,3-6,10H2,(H,23,24,25)/i1D,2D,3D2,4D2,5D2,6D2,7D,8D,10D2,11D,14D;1D,2D,3D2,4D2,5D2,6D2,7D,8D,10D,11D,14D;1D,2D,3D2,4D2,5D2,6D2,7D,8D,10D,14D/hD3. The molecule has 2 atom stereocenters. The van der Waals surface area contributed by atoms with E-state index in [1.54, 1.807) is 0 Å². The summed E-state index contributed by atoms with van der Waals surface area (Å²) in [6.07, 6.45) is -25.3.